The number of rotatable bonds is 7. The van der Waals surface area contributed by atoms with Gasteiger partial charge in [0.25, 0.3) is 0 Å². The zero-order valence-corrected chi connectivity index (χ0v) is 17.3. The summed E-state index contributed by atoms with van der Waals surface area (Å²) in [6, 6.07) is 5.41. The van der Waals surface area contributed by atoms with Gasteiger partial charge in [0.15, 0.2) is 12.1 Å². The molecule has 2 atom stereocenters. The van der Waals surface area contributed by atoms with Crippen LogP contribution in [-0.4, -0.2) is 86.5 Å². The van der Waals surface area contributed by atoms with Gasteiger partial charge in [0, 0.05) is 24.0 Å². The number of carbonyl (C=O) groups excluding carboxylic acids is 1. The monoisotopic (exact) mass is 447 g/mol. The van der Waals surface area contributed by atoms with Gasteiger partial charge in [-0.25, -0.2) is 19.2 Å². The molecule has 3 aliphatic carbocycles. The fourth-order valence-electron chi connectivity index (χ4n) is 5.36. The highest BCUT2D eigenvalue weighted by molar-refractivity contribution is 5.92. The lowest BCUT2D eigenvalue weighted by molar-refractivity contribution is -0.187. The molecule has 1 saturated heterocycles. The van der Waals surface area contributed by atoms with E-state index in [2.05, 4.69) is 5.32 Å². The first kappa shape index (κ1) is 21.9. The number of amides is 3. The van der Waals surface area contributed by atoms with Gasteiger partial charge >= 0.3 is 24.1 Å². The van der Waals surface area contributed by atoms with Crippen LogP contribution in [0.4, 0.5) is 9.59 Å². The molecule has 3 amide bonds. The molecule has 1 aromatic rings. The maximum Gasteiger partial charge on any atom is 0.408 e. The molecule has 172 valence electrons. The summed E-state index contributed by atoms with van der Waals surface area (Å²) in [5.41, 5.74) is 0.633. The first-order chi connectivity index (χ1) is 15.2. The summed E-state index contributed by atoms with van der Waals surface area (Å²) in [7, 11) is 0. The van der Waals surface area contributed by atoms with Gasteiger partial charge in [0.2, 0.25) is 0 Å². The van der Waals surface area contributed by atoms with E-state index in [0.29, 0.717) is 37.4 Å². The van der Waals surface area contributed by atoms with Crippen molar-refractivity contribution in [1.82, 2.24) is 15.1 Å². The number of hydrogen-bond acceptors (Lipinski definition) is 5. The zero-order valence-electron chi connectivity index (χ0n) is 17.3. The number of nitrogens with one attached hydrogen (secondary N) is 1. The normalized spacial score (nSPS) is 30.6. The molecule has 11 heteroatoms. The quantitative estimate of drug-likeness (QED) is 0.483. The molecule has 2 unspecified atom stereocenters. The Morgan fingerprint density at radius 1 is 0.938 bits per heavy atom. The Balaban J connectivity index is 1.33. The topological polar surface area (TPSA) is 157 Å². The van der Waals surface area contributed by atoms with Crippen LogP contribution >= 0.6 is 0 Å². The Kier molecular flexibility index (Phi) is 5.45. The number of urea groups is 1. The molecule has 4 N–H and O–H groups in total. The summed E-state index contributed by atoms with van der Waals surface area (Å²) in [5.74, 6) is -3.18. The van der Waals surface area contributed by atoms with Crippen molar-refractivity contribution >= 4 is 24.1 Å². The lowest BCUT2D eigenvalue weighted by atomic mass is 9.39. The van der Waals surface area contributed by atoms with Crippen LogP contribution in [0.25, 0.3) is 0 Å². The predicted molar refractivity (Wildman–Crippen MR) is 108 cm³/mol. The van der Waals surface area contributed by atoms with Gasteiger partial charge in [0.05, 0.1) is 13.2 Å². The van der Waals surface area contributed by atoms with E-state index in [4.69, 9.17) is 4.74 Å². The largest absolute Gasteiger partial charge is 0.480 e. The van der Waals surface area contributed by atoms with Crippen molar-refractivity contribution in [3.8, 4) is 0 Å². The van der Waals surface area contributed by atoms with Crippen molar-refractivity contribution in [2.75, 3.05) is 19.7 Å². The third-order valence-electron chi connectivity index (χ3n) is 6.60. The predicted octanol–water partition coefficient (Wildman–Crippen LogP) is 1.04. The van der Waals surface area contributed by atoms with E-state index in [1.54, 1.807) is 0 Å². The van der Waals surface area contributed by atoms with Crippen molar-refractivity contribution in [2.45, 2.75) is 43.5 Å². The van der Waals surface area contributed by atoms with Gasteiger partial charge in [-0.2, -0.15) is 0 Å². The molecule has 4 aliphatic rings. The molecule has 0 radical (unpaired) electrons. The average Bonchev–Trinajstić information content (AvgIpc) is 2.70. The maximum absolute atomic E-state index is 12.9. The third-order valence-corrected chi connectivity index (χ3v) is 6.60. The minimum absolute atomic E-state index is 0.000134. The molecule has 2 bridgehead atoms. The number of aliphatic carboxylic acids is 2. The molecule has 5 rings (SSSR count). The summed E-state index contributed by atoms with van der Waals surface area (Å²) in [4.78, 5) is 49.1. The summed E-state index contributed by atoms with van der Waals surface area (Å²) in [6.07, 6.45) is 0.571. The van der Waals surface area contributed by atoms with Crippen molar-refractivity contribution in [2.24, 2.45) is 5.41 Å². The van der Waals surface area contributed by atoms with Gasteiger partial charge in [0.1, 0.15) is 0 Å². The van der Waals surface area contributed by atoms with Gasteiger partial charge in [-0.1, -0.05) is 30.3 Å². The van der Waals surface area contributed by atoms with Crippen molar-refractivity contribution in [3.05, 3.63) is 35.9 Å². The van der Waals surface area contributed by atoms with Crippen LogP contribution in [0.15, 0.2) is 30.3 Å². The van der Waals surface area contributed by atoms with Crippen LogP contribution in [0, 0.1) is 5.41 Å². The number of nitrogens with zero attached hydrogens (tertiary/aromatic N) is 2. The first-order valence-electron chi connectivity index (χ1n) is 10.3. The molecule has 1 heterocycles. The second kappa shape index (κ2) is 7.97. The lowest BCUT2D eigenvalue weighted by Crippen LogP contribution is -2.78. The van der Waals surface area contributed by atoms with Crippen molar-refractivity contribution in [3.63, 3.8) is 0 Å². The number of hydrogen-bond donors (Lipinski definition) is 4. The van der Waals surface area contributed by atoms with Crippen LogP contribution in [0.3, 0.4) is 0 Å². The van der Waals surface area contributed by atoms with E-state index in [-0.39, 0.29) is 18.5 Å². The number of ether oxygens (including phenoxy) is 1. The van der Waals surface area contributed by atoms with Crippen molar-refractivity contribution in [1.29, 1.82) is 0 Å². The van der Waals surface area contributed by atoms with Crippen LogP contribution in [0.2, 0.25) is 0 Å². The molecule has 1 aliphatic heterocycles. The number of benzene rings is 1. The molecule has 3 saturated carbocycles. The van der Waals surface area contributed by atoms with Gasteiger partial charge in [-0.3, -0.25) is 4.90 Å². The SMILES string of the molecule is O=C(O)C1C(C(=O)O)N(C(=O)NC23CC(COCc4ccccc4)(C2)C3)CCN1C(=O)O. The molecule has 1 aromatic carbocycles. The summed E-state index contributed by atoms with van der Waals surface area (Å²) in [5, 5.41) is 31.1. The van der Waals surface area contributed by atoms with Crippen LogP contribution in [-0.2, 0) is 20.9 Å². The minimum atomic E-state index is -1.88. The fourth-order valence-corrected chi connectivity index (χ4v) is 5.36. The highest BCUT2D eigenvalue weighted by Crippen LogP contribution is 2.67. The average molecular weight is 447 g/mol. The highest BCUT2D eigenvalue weighted by atomic mass is 16.5. The van der Waals surface area contributed by atoms with E-state index < -0.39 is 41.7 Å². The summed E-state index contributed by atoms with van der Waals surface area (Å²) < 4.78 is 5.83. The lowest BCUT2D eigenvalue weighted by Gasteiger charge is -2.70. The molecule has 11 nitrogen and oxygen atoms in total. The fraction of sp³-hybridized carbons (Fsp3) is 0.524. The summed E-state index contributed by atoms with van der Waals surface area (Å²) in [6.45, 7) is 0.580. The van der Waals surface area contributed by atoms with Crippen LogP contribution in [0.1, 0.15) is 24.8 Å². The van der Waals surface area contributed by atoms with Crippen molar-refractivity contribution < 1.29 is 39.2 Å². The third kappa shape index (κ3) is 3.83. The number of carbonyl (C=O) groups is 4. The molecule has 32 heavy (non-hydrogen) atoms. The Bertz CT molecular complexity index is 916. The van der Waals surface area contributed by atoms with E-state index in [0.717, 1.165) is 10.5 Å². The zero-order chi connectivity index (χ0) is 23.1. The number of piperazine rings is 1. The van der Waals surface area contributed by atoms with Gasteiger partial charge < -0.3 is 30.3 Å². The number of carboxylic acid groups (broad SMARTS) is 3. The van der Waals surface area contributed by atoms with E-state index >= 15 is 0 Å². The Morgan fingerprint density at radius 3 is 2.06 bits per heavy atom. The van der Waals surface area contributed by atoms with E-state index in [1.165, 1.54) is 0 Å². The Hall–Kier alpha value is -3.34. The molecule has 0 spiro atoms. The molecule has 0 aromatic heterocycles. The summed E-state index contributed by atoms with van der Waals surface area (Å²) >= 11 is 0. The van der Waals surface area contributed by atoms with Crippen LogP contribution in [0.5, 0.6) is 0 Å². The standard InChI is InChI=1S/C21H25N3O8/c25-16(26)14-15(17(27)28)24(19(30)31)7-6-23(14)18(29)22-21-9-20(10-21,11-21)12-32-8-13-4-2-1-3-5-13/h1-5,14-15H,6-12H2,(H,22,29)(H,25,26)(H,27,28)(H,30,31). The molecule has 4 fully saturated rings. The minimum Gasteiger partial charge on any atom is -0.480 e. The second-order valence-corrected chi connectivity index (χ2v) is 8.95. The first-order valence-corrected chi connectivity index (χ1v) is 10.3. The maximum atomic E-state index is 12.9. The van der Waals surface area contributed by atoms with Gasteiger partial charge in [-0.05, 0) is 24.8 Å². The number of carboxylic acids is 2. The molecular formula is C21H25N3O8. The van der Waals surface area contributed by atoms with Crippen LogP contribution < -0.4 is 5.32 Å². The smallest absolute Gasteiger partial charge is 0.408 e. The Labute approximate surface area is 183 Å². The van der Waals surface area contributed by atoms with Gasteiger partial charge in [-0.15, -0.1) is 0 Å². The Morgan fingerprint density at radius 2 is 1.50 bits per heavy atom. The van der Waals surface area contributed by atoms with E-state index in [9.17, 15) is 34.5 Å². The molecular weight excluding hydrogens is 422 g/mol. The second-order valence-electron chi connectivity index (χ2n) is 8.95. The van der Waals surface area contributed by atoms with E-state index in [1.807, 2.05) is 30.3 Å². The highest BCUT2D eigenvalue weighted by Gasteiger charge is 2.69.